The first-order valence-corrected chi connectivity index (χ1v) is 14.2. The number of esters is 3. The Morgan fingerprint density at radius 3 is 2.00 bits per heavy atom. The Kier molecular flexibility index (Phi) is 22.0. The molecule has 0 radical (unpaired) electrons. The number of rotatable bonds is 24. The topological polar surface area (TPSA) is 119 Å². The summed E-state index contributed by atoms with van der Waals surface area (Å²) in [5, 5.41) is 19.0. The van der Waals surface area contributed by atoms with Crippen molar-refractivity contribution in [3.8, 4) is 0 Å². The van der Waals surface area contributed by atoms with E-state index in [2.05, 4.69) is 13.5 Å². The highest BCUT2D eigenvalue weighted by Crippen LogP contribution is 2.23. The molecule has 0 aliphatic rings. The third kappa shape index (κ3) is 19.8. The molecule has 216 valence electrons. The second-order valence-electron chi connectivity index (χ2n) is 9.85. The molecular formula is C29H52O8. The monoisotopic (exact) mass is 528 g/mol. The van der Waals surface area contributed by atoms with Gasteiger partial charge in [0.1, 0.15) is 18.8 Å². The zero-order chi connectivity index (χ0) is 27.9. The molecule has 0 bridgehead atoms. The molecule has 0 aromatic rings. The molecule has 0 aliphatic heterocycles. The average Bonchev–Trinajstić information content (AvgIpc) is 2.87. The van der Waals surface area contributed by atoms with Crippen LogP contribution in [0.4, 0.5) is 0 Å². The van der Waals surface area contributed by atoms with E-state index in [1.54, 1.807) is 13.8 Å². The predicted octanol–water partition coefficient (Wildman–Crippen LogP) is 5.42. The molecule has 0 heterocycles. The summed E-state index contributed by atoms with van der Waals surface area (Å²) in [6.45, 7) is 8.70. The third-order valence-corrected chi connectivity index (χ3v) is 6.36. The first-order chi connectivity index (χ1) is 17.8. The standard InChI is InChI=1S/C29H52O8/c1-5-8-9-10-11-12-13-14-15-16-17-28(33)36-23(4)20-26(37-27(32)7-3)22-24(21-25(31)6-2)29(34)35-19-18-30/h7,23-26,30-31H,3,5-6,8-22H2,1-2,4H3. The Bertz CT molecular complexity index is 621. The molecule has 37 heavy (non-hydrogen) atoms. The summed E-state index contributed by atoms with van der Waals surface area (Å²) in [6.07, 6.45) is 12.1. The van der Waals surface area contributed by atoms with Gasteiger partial charge >= 0.3 is 17.9 Å². The fraction of sp³-hybridized carbons (Fsp3) is 0.828. The number of carbonyl (C=O) groups is 3. The van der Waals surface area contributed by atoms with Crippen molar-refractivity contribution in [1.82, 2.24) is 0 Å². The van der Waals surface area contributed by atoms with Gasteiger partial charge in [0.05, 0.1) is 18.6 Å². The Morgan fingerprint density at radius 2 is 1.46 bits per heavy atom. The maximum atomic E-state index is 12.5. The molecule has 8 nitrogen and oxygen atoms in total. The minimum Gasteiger partial charge on any atom is -0.463 e. The van der Waals surface area contributed by atoms with E-state index in [1.165, 1.54) is 44.9 Å². The number of carbonyl (C=O) groups excluding carboxylic acids is 3. The van der Waals surface area contributed by atoms with Crippen molar-refractivity contribution in [3.05, 3.63) is 12.7 Å². The molecule has 0 aliphatic carbocycles. The minimum absolute atomic E-state index is 0.0984. The Labute approximate surface area is 224 Å². The second kappa shape index (κ2) is 23.2. The van der Waals surface area contributed by atoms with Crippen LogP contribution >= 0.6 is 0 Å². The Morgan fingerprint density at radius 1 is 0.865 bits per heavy atom. The van der Waals surface area contributed by atoms with Gasteiger partial charge in [-0.15, -0.1) is 0 Å². The van der Waals surface area contributed by atoms with Crippen LogP contribution in [0.3, 0.4) is 0 Å². The first kappa shape index (κ1) is 35.1. The zero-order valence-corrected chi connectivity index (χ0v) is 23.5. The van der Waals surface area contributed by atoms with Gasteiger partial charge in [0.15, 0.2) is 0 Å². The highest BCUT2D eigenvalue weighted by molar-refractivity contribution is 5.81. The summed E-state index contributed by atoms with van der Waals surface area (Å²) in [5.41, 5.74) is 0. The summed E-state index contributed by atoms with van der Waals surface area (Å²) in [5.74, 6) is -2.25. The van der Waals surface area contributed by atoms with Gasteiger partial charge in [-0.25, -0.2) is 4.79 Å². The third-order valence-electron chi connectivity index (χ3n) is 6.36. The van der Waals surface area contributed by atoms with Crippen LogP contribution in [0.25, 0.3) is 0 Å². The van der Waals surface area contributed by atoms with Gasteiger partial charge in [0.2, 0.25) is 0 Å². The van der Waals surface area contributed by atoms with E-state index in [0.29, 0.717) is 12.8 Å². The second-order valence-corrected chi connectivity index (χ2v) is 9.85. The highest BCUT2D eigenvalue weighted by Gasteiger charge is 2.30. The highest BCUT2D eigenvalue weighted by atomic mass is 16.6. The molecule has 2 N–H and O–H groups in total. The van der Waals surface area contributed by atoms with E-state index in [-0.39, 0.29) is 38.4 Å². The largest absolute Gasteiger partial charge is 0.463 e. The van der Waals surface area contributed by atoms with Crippen molar-refractivity contribution < 1.29 is 38.8 Å². The van der Waals surface area contributed by atoms with Crippen molar-refractivity contribution in [1.29, 1.82) is 0 Å². The van der Waals surface area contributed by atoms with E-state index >= 15 is 0 Å². The molecule has 4 unspecified atom stereocenters. The molecule has 0 saturated carbocycles. The number of unbranched alkanes of at least 4 members (excludes halogenated alkanes) is 9. The van der Waals surface area contributed by atoms with Crippen molar-refractivity contribution in [3.63, 3.8) is 0 Å². The maximum Gasteiger partial charge on any atom is 0.330 e. The molecule has 0 aromatic carbocycles. The lowest BCUT2D eigenvalue weighted by Gasteiger charge is -2.26. The molecule has 0 spiro atoms. The number of aliphatic hydroxyl groups excluding tert-OH is 2. The molecular weight excluding hydrogens is 476 g/mol. The smallest absolute Gasteiger partial charge is 0.330 e. The van der Waals surface area contributed by atoms with E-state index in [0.717, 1.165) is 25.3 Å². The van der Waals surface area contributed by atoms with Gasteiger partial charge in [0, 0.05) is 18.9 Å². The lowest BCUT2D eigenvalue weighted by Crippen LogP contribution is -2.32. The molecule has 0 fully saturated rings. The Balaban J connectivity index is 4.64. The average molecular weight is 529 g/mol. The fourth-order valence-electron chi connectivity index (χ4n) is 4.23. The van der Waals surface area contributed by atoms with E-state index in [1.807, 2.05) is 0 Å². The van der Waals surface area contributed by atoms with Crippen molar-refractivity contribution in [2.24, 2.45) is 5.92 Å². The van der Waals surface area contributed by atoms with Crippen LogP contribution in [0.1, 0.15) is 117 Å². The molecule has 0 amide bonds. The van der Waals surface area contributed by atoms with Crippen LogP contribution < -0.4 is 0 Å². The number of hydrogen-bond donors (Lipinski definition) is 2. The van der Waals surface area contributed by atoms with Crippen molar-refractivity contribution >= 4 is 17.9 Å². The van der Waals surface area contributed by atoms with Gasteiger partial charge < -0.3 is 24.4 Å². The maximum absolute atomic E-state index is 12.5. The van der Waals surface area contributed by atoms with Gasteiger partial charge in [-0.2, -0.15) is 0 Å². The van der Waals surface area contributed by atoms with Crippen LogP contribution in [0.5, 0.6) is 0 Å². The van der Waals surface area contributed by atoms with E-state index in [4.69, 9.17) is 19.3 Å². The van der Waals surface area contributed by atoms with Crippen LogP contribution in [0.15, 0.2) is 12.7 Å². The van der Waals surface area contributed by atoms with Gasteiger partial charge in [-0.05, 0) is 32.6 Å². The first-order valence-electron chi connectivity index (χ1n) is 14.2. The number of hydrogen-bond acceptors (Lipinski definition) is 8. The van der Waals surface area contributed by atoms with E-state index in [9.17, 15) is 19.5 Å². The van der Waals surface area contributed by atoms with E-state index < -0.39 is 36.2 Å². The molecule has 8 heteroatoms. The summed E-state index contributed by atoms with van der Waals surface area (Å²) >= 11 is 0. The molecule has 4 atom stereocenters. The fourth-order valence-corrected chi connectivity index (χ4v) is 4.23. The van der Waals surface area contributed by atoms with Gasteiger partial charge in [0.25, 0.3) is 0 Å². The van der Waals surface area contributed by atoms with Crippen LogP contribution in [-0.4, -0.2) is 59.6 Å². The summed E-state index contributed by atoms with van der Waals surface area (Å²) < 4.78 is 16.0. The minimum atomic E-state index is -0.737. The van der Waals surface area contributed by atoms with Crippen LogP contribution in [0, 0.1) is 5.92 Å². The lowest BCUT2D eigenvalue weighted by molar-refractivity contribution is -0.158. The molecule has 0 rings (SSSR count). The Hall–Kier alpha value is -1.93. The lowest BCUT2D eigenvalue weighted by atomic mass is 9.92. The summed E-state index contributed by atoms with van der Waals surface area (Å²) in [6, 6.07) is 0. The summed E-state index contributed by atoms with van der Waals surface area (Å²) in [4.78, 5) is 36.7. The van der Waals surface area contributed by atoms with Gasteiger partial charge in [-0.3, -0.25) is 9.59 Å². The molecule has 0 aromatic heterocycles. The normalized spacial score (nSPS) is 14.3. The van der Waals surface area contributed by atoms with Gasteiger partial charge in [-0.1, -0.05) is 78.2 Å². The predicted molar refractivity (Wildman–Crippen MR) is 144 cm³/mol. The zero-order valence-electron chi connectivity index (χ0n) is 23.5. The van der Waals surface area contributed by atoms with Crippen LogP contribution in [0.2, 0.25) is 0 Å². The number of aliphatic hydroxyl groups is 2. The number of ether oxygens (including phenoxy) is 3. The van der Waals surface area contributed by atoms with Crippen molar-refractivity contribution in [2.75, 3.05) is 13.2 Å². The summed E-state index contributed by atoms with van der Waals surface area (Å²) in [7, 11) is 0. The molecule has 0 saturated heterocycles. The van der Waals surface area contributed by atoms with Crippen molar-refractivity contribution in [2.45, 2.75) is 135 Å². The SMILES string of the molecule is C=CC(=O)OC(CC(C)OC(=O)CCCCCCCCCCCC)CC(CC(O)CC)C(=O)OCCO. The van der Waals surface area contributed by atoms with Crippen LogP contribution in [-0.2, 0) is 28.6 Å². The quantitative estimate of drug-likeness (QED) is 0.0738.